The number of nitrogens with zero attached hydrogens (tertiary/aromatic N) is 4. The first kappa shape index (κ1) is 16.5. The standard InChI is InChI=1S/C20H20N4O2S/c1-22-8-6-21-19(22)20(26)23-7-4-15-16(23)11-18(25)24(15)12-13-2-3-17-14(10-13)5-9-27-17/h2-3,5-6,8-10,15-16H,4,7,11-12H2,1H3/t15-,16-/m0/s1. The zero-order valence-electron chi connectivity index (χ0n) is 15.0. The highest BCUT2D eigenvalue weighted by Crippen LogP contribution is 2.34. The lowest BCUT2D eigenvalue weighted by molar-refractivity contribution is -0.129. The van der Waals surface area contributed by atoms with Crippen LogP contribution < -0.4 is 0 Å². The Morgan fingerprint density at radius 2 is 2.19 bits per heavy atom. The third-order valence-corrected chi connectivity index (χ3v) is 6.66. The van der Waals surface area contributed by atoms with Crippen LogP contribution in [-0.2, 0) is 18.4 Å². The number of hydrogen-bond donors (Lipinski definition) is 0. The summed E-state index contributed by atoms with van der Waals surface area (Å²) < 4.78 is 3.00. The third-order valence-electron chi connectivity index (χ3n) is 5.76. The van der Waals surface area contributed by atoms with Crippen molar-refractivity contribution in [3.63, 3.8) is 0 Å². The van der Waals surface area contributed by atoms with Gasteiger partial charge in [0.15, 0.2) is 5.82 Å². The molecule has 6 nitrogen and oxygen atoms in total. The van der Waals surface area contributed by atoms with Crippen LogP contribution in [0.2, 0.25) is 0 Å². The van der Waals surface area contributed by atoms with Crippen LogP contribution in [0.3, 0.4) is 0 Å². The van der Waals surface area contributed by atoms with Crippen molar-refractivity contribution in [2.24, 2.45) is 7.05 Å². The van der Waals surface area contributed by atoms with Gasteiger partial charge in [-0.3, -0.25) is 9.59 Å². The van der Waals surface area contributed by atoms with E-state index in [1.54, 1.807) is 28.3 Å². The van der Waals surface area contributed by atoms with Crippen molar-refractivity contribution >= 4 is 33.2 Å². The van der Waals surface area contributed by atoms with Crippen molar-refractivity contribution < 1.29 is 9.59 Å². The fourth-order valence-electron chi connectivity index (χ4n) is 4.40. The Hall–Kier alpha value is -2.67. The molecule has 0 bridgehead atoms. The van der Waals surface area contributed by atoms with Crippen LogP contribution in [0.4, 0.5) is 0 Å². The molecule has 4 heterocycles. The van der Waals surface area contributed by atoms with Gasteiger partial charge in [-0.1, -0.05) is 6.07 Å². The number of aryl methyl sites for hydroxylation is 1. The molecule has 138 valence electrons. The van der Waals surface area contributed by atoms with Crippen LogP contribution in [0.5, 0.6) is 0 Å². The number of likely N-dealkylation sites (tertiary alicyclic amines) is 2. The second kappa shape index (κ2) is 6.20. The number of carbonyl (C=O) groups is 2. The predicted octanol–water partition coefficient (Wildman–Crippen LogP) is 2.65. The van der Waals surface area contributed by atoms with Crippen molar-refractivity contribution in [3.8, 4) is 0 Å². The smallest absolute Gasteiger partial charge is 0.290 e. The third kappa shape index (κ3) is 2.65. The molecular formula is C20H20N4O2S. The number of rotatable bonds is 3. The minimum absolute atomic E-state index is 0.0495. The molecule has 7 heteroatoms. The number of fused-ring (bicyclic) bond motifs is 2. The quantitative estimate of drug-likeness (QED) is 0.702. The zero-order valence-corrected chi connectivity index (χ0v) is 15.9. The van der Waals surface area contributed by atoms with E-state index >= 15 is 0 Å². The fraction of sp³-hybridized carbons (Fsp3) is 0.350. The largest absolute Gasteiger partial charge is 0.333 e. The molecular weight excluding hydrogens is 360 g/mol. The second-order valence-corrected chi connectivity index (χ2v) is 8.25. The highest BCUT2D eigenvalue weighted by atomic mass is 32.1. The lowest BCUT2D eigenvalue weighted by Gasteiger charge is -2.25. The molecule has 2 saturated heterocycles. The summed E-state index contributed by atoms with van der Waals surface area (Å²) in [7, 11) is 1.82. The second-order valence-electron chi connectivity index (χ2n) is 7.30. The van der Waals surface area contributed by atoms with E-state index in [0.29, 0.717) is 25.3 Å². The van der Waals surface area contributed by atoms with Gasteiger partial charge in [-0.05, 0) is 40.9 Å². The van der Waals surface area contributed by atoms with E-state index in [1.165, 1.54) is 10.1 Å². The van der Waals surface area contributed by atoms with Crippen molar-refractivity contribution in [1.82, 2.24) is 19.4 Å². The molecule has 2 fully saturated rings. The molecule has 2 amide bonds. The van der Waals surface area contributed by atoms with E-state index in [0.717, 1.165) is 12.0 Å². The molecule has 0 spiro atoms. The van der Waals surface area contributed by atoms with Crippen LogP contribution in [-0.4, -0.2) is 49.8 Å². The average molecular weight is 380 g/mol. The number of amides is 2. The molecule has 2 atom stereocenters. The first-order valence-electron chi connectivity index (χ1n) is 9.16. The highest BCUT2D eigenvalue weighted by molar-refractivity contribution is 7.17. The summed E-state index contributed by atoms with van der Waals surface area (Å²) in [6, 6.07) is 8.55. The van der Waals surface area contributed by atoms with Gasteiger partial charge in [-0.2, -0.15) is 0 Å². The molecule has 0 radical (unpaired) electrons. The maximum Gasteiger partial charge on any atom is 0.290 e. The van der Waals surface area contributed by atoms with Crippen LogP contribution >= 0.6 is 11.3 Å². The summed E-state index contributed by atoms with van der Waals surface area (Å²) in [4.78, 5) is 33.6. The highest BCUT2D eigenvalue weighted by Gasteiger charge is 2.48. The summed E-state index contributed by atoms with van der Waals surface area (Å²) >= 11 is 1.73. The number of carbonyl (C=O) groups excluding carboxylic acids is 2. The van der Waals surface area contributed by atoms with Gasteiger partial charge in [0.1, 0.15) is 0 Å². The number of benzene rings is 1. The van der Waals surface area contributed by atoms with E-state index in [2.05, 4.69) is 34.6 Å². The zero-order chi connectivity index (χ0) is 18.5. The predicted molar refractivity (Wildman–Crippen MR) is 103 cm³/mol. The SMILES string of the molecule is Cn1ccnc1C(=O)N1CC[C@H]2[C@@H]1CC(=O)N2Cc1ccc2sccc2c1. The Balaban J connectivity index is 1.37. The van der Waals surface area contributed by atoms with Crippen molar-refractivity contribution in [3.05, 3.63) is 53.4 Å². The molecule has 27 heavy (non-hydrogen) atoms. The summed E-state index contributed by atoms with van der Waals surface area (Å²) in [6.45, 7) is 1.28. The van der Waals surface area contributed by atoms with Gasteiger partial charge < -0.3 is 14.4 Å². The Kier molecular flexibility index (Phi) is 3.79. The Morgan fingerprint density at radius 1 is 1.30 bits per heavy atom. The van der Waals surface area contributed by atoms with Gasteiger partial charge in [0, 0.05) is 43.7 Å². The Bertz CT molecular complexity index is 1040. The van der Waals surface area contributed by atoms with Gasteiger partial charge in [0.25, 0.3) is 5.91 Å². The number of imidazole rings is 1. The minimum atomic E-state index is -0.0793. The first-order chi connectivity index (χ1) is 13.1. The molecule has 2 aliphatic rings. The minimum Gasteiger partial charge on any atom is -0.333 e. The normalized spacial score (nSPS) is 22.0. The van der Waals surface area contributed by atoms with Gasteiger partial charge in [-0.25, -0.2) is 4.98 Å². The van der Waals surface area contributed by atoms with Gasteiger partial charge in [0.05, 0.1) is 12.1 Å². The number of thiophene rings is 1. The van der Waals surface area contributed by atoms with Crippen molar-refractivity contribution in [2.45, 2.75) is 31.5 Å². The van der Waals surface area contributed by atoms with Gasteiger partial charge >= 0.3 is 0 Å². The van der Waals surface area contributed by atoms with Crippen LogP contribution in [0.1, 0.15) is 29.0 Å². The molecule has 2 aliphatic heterocycles. The maximum atomic E-state index is 12.9. The molecule has 3 aromatic rings. The molecule has 0 unspecified atom stereocenters. The lowest BCUT2D eigenvalue weighted by atomic mass is 10.1. The summed E-state index contributed by atoms with van der Waals surface area (Å²) in [5.41, 5.74) is 1.14. The lowest BCUT2D eigenvalue weighted by Crippen LogP contribution is -2.40. The topological polar surface area (TPSA) is 58.4 Å². The molecule has 1 aromatic carbocycles. The Morgan fingerprint density at radius 3 is 3.00 bits per heavy atom. The van der Waals surface area contributed by atoms with Crippen LogP contribution in [0.15, 0.2) is 42.0 Å². The summed E-state index contributed by atoms with van der Waals surface area (Å²) in [5.74, 6) is 0.488. The number of hydrogen-bond acceptors (Lipinski definition) is 4. The van der Waals surface area contributed by atoms with Gasteiger partial charge in [-0.15, -0.1) is 11.3 Å². The van der Waals surface area contributed by atoms with Crippen LogP contribution in [0, 0.1) is 0 Å². The van der Waals surface area contributed by atoms with Crippen LogP contribution in [0.25, 0.3) is 10.1 Å². The van der Waals surface area contributed by atoms with Crippen molar-refractivity contribution in [1.29, 1.82) is 0 Å². The summed E-state index contributed by atoms with van der Waals surface area (Å²) in [5, 5.41) is 3.31. The number of aromatic nitrogens is 2. The van der Waals surface area contributed by atoms with E-state index in [1.807, 2.05) is 16.8 Å². The monoisotopic (exact) mass is 380 g/mol. The molecule has 0 saturated carbocycles. The molecule has 2 aromatic heterocycles. The maximum absolute atomic E-state index is 12.9. The van der Waals surface area contributed by atoms with Crippen molar-refractivity contribution in [2.75, 3.05) is 6.54 Å². The van der Waals surface area contributed by atoms with E-state index in [-0.39, 0.29) is 23.9 Å². The van der Waals surface area contributed by atoms with E-state index in [9.17, 15) is 9.59 Å². The summed E-state index contributed by atoms with van der Waals surface area (Å²) in [6.07, 6.45) is 4.63. The fourth-order valence-corrected chi connectivity index (χ4v) is 5.17. The molecule has 5 rings (SSSR count). The molecule has 0 aliphatic carbocycles. The van der Waals surface area contributed by atoms with Gasteiger partial charge in [0.2, 0.25) is 5.91 Å². The first-order valence-corrected chi connectivity index (χ1v) is 10.0. The molecule has 0 N–H and O–H groups in total. The van der Waals surface area contributed by atoms with E-state index < -0.39 is 0 Å². The Labute approximate surface area is 161 Å². The average Bonchev–Trinajstić information content (AvgIpc) is 3.41. The van der Waals surface area contributed by atoms with E-state index in [4.69, 9.17) is 0 Å².